The largest absolute Gasteiger partial charge is 2.00 e. The molecule has 233 valence electrons. The summed E-state index contributed by atoms with van der Waals surface area (Å²) in [6.07, 6.45) is 5.50. The Labute approximate surface area is 237 Å². The first-order valence-electron chi connectivity index (χ1n) is 10.6. The monoisotopic (exact) mass is 676 g/mol. The standard InChI is InChI=1S/C18H25N3O2.2CHF3O3S.Cu/c22-14-16-23-15-13-21(11-7-17-5-1-3-9-19-17)12-8-18-6-2-4-10-20-18;2*2-1(3,4)8(5,6)7;/h1-6,9-10,22H,7-8,11-16H2;2*(H,5,6,7);/q;;;+2/p-2. The van der Waals surface area contributed by atoms with Gasteiger partial charge in [0.2, 0.25) is 0 Å². The molecule has 0 bridgehead atoms. The van der Waals surface area contributed by atoms with E-state index in [0.29, 0.717) is 13.2 Å². The van der Waals surface area contributed by atoms with E-state index in [0.717, 1.165) is 43.9 Å². The first kappa shape index (κ1) is 40.2. The smallest absolute Gasteiger partial charge is 0.741 e. The quantitative estimate of drug-likeness (QED) is 0.121. The summed E-state index contributed by atoms with van der Waals surface area (Å²) in [5, 5.41) is 8.78. The molecule has 0 amide bonds. The van der Waals surface area contributed by atoms with Crippen LogP contribution in [0, 0.1) is 0 Å². The van der Waals surface area contributed by atoms with Crippen LogP contribution in [0.25, 0.3) is 0 Å². The molecule has 2 rings (SSSR count). The minimum Gasteiger partial charge on any atom is -0.741 e. The summed E-state index contributed by atoms with van der Waals surface area (Å²) in [7, 11) is -12.2. The second kappa shape index (κ2) is 19.3. The average Bonchev–Trinajstić information content (AvgIpc) is 2.82. The van der Waals surface area contributed by atoms with Crippen molar-refractivity contribution in [3.63, 3.8) is 0 Å². The van der Waals surface area contributed by atoms with Gasteiger partial charge in [-0.3, -0.25) is 9.97 Å². The molecule has 0 aliphatic heterocycles. The fourth-order valence-electron chi connectivity index (χ4n) is 2.33. The van der Waals surface area contributed by atoms with Gasteiger partial charge in [-0.2, -0.15) is 26.3 Å². The summed E-state index contributed by atoms with van der Waals surface area (Å²) < 4.78 is 123. The van der Waals surface area contributed by atoms with Crippen LogP contribution in [0.3, 0.4) is 0 Å². The number of hydrogen-bond donors (Lipinski definition) is 1. The van der Waals surface area contributed by atoms with Crippen LogP contribution >= 0.6 is 0 Å². The van der Waals surface area contributed by atoms with Crippen LogP contribution < -0.4 is 0 Å². The third-order valence-electron chi connectivity index (χ3n) is 4.18. The molecule has 2 aromatic rings. The Bertz CT molecular complexity index is 1060. The molecule has 0 fully saturated rings. The molecule has 0 spiro atoms. The number of aliphatic hydroxyl groups excluding tert-OH is 1. The van der Waals surface area contributed by atoms with Gasteiger partial charge in [0.15, 0.2) is 20.2 Å². The van der Waals surface area contributed by atoms with Gasteiger partial charge >= 0.3 is 28.1 Å². The van der Waals surface area contributed by atoms with Crippen LogP contribution in [0.4, 0.5) is 26.3 Å². The van der Waals surface area contributed by atoms with E-state index in [9.17, 15) is 26.3 Å². The third kappa shape index (κ3) is 19.2. The molecule has 0 saturated carbocycles. The Morgan fingerprint density at radius 1 is 0.750 bits per heavy atom. The second-order valence-corrected chi connectivity index (χ2v) is 9.86. The summed E-state index contributed by atoms with van der Waals surface area (Å²) >= 11 is 0. The fraction of sp³-hybridized carbons (Fsp3) is 0.500. The molecule has 2 aromatic heterocycles. The van der Waals surface area contributed by atoms with Crippen LogP contribution in [-0.4, -0.2) is 96.4 Å². The molecule has 40 heavy (non-hydrogen) atoms. The van der Waals surface area contributed by atoms with Crippen molar-refractivity contribution in [3.8, 4) is 0 Å². The van der Waals surface area contributed by atoms with Crippen molar-refractivity contribution < 1.29 is 79.2 Å². The summed E-state index contributed by atoms with van der Waals surface area (Å²) in [4.78, 5) is 11.1. The van der Waals surface area contributed by atoms with Crippen LogP contribution in [-0.2, 0) is 54.9 Å². The number of ether oxygens (including phenoxy) is 1. The first-order chi connectivity index (χ1) is 17.9. The molecular formula is C20H25CuF6N3O8S2. The Morgan fingerprint density at radius 3 is 1.40 bits per heavy atom. The number of rotatable bonds is 11. The zero-order chi connectivity index (χ0) is 30.2. The summed E-state index contributed by atoms with van der Waals surface area (Å²) in [6, 6.07) is 12.0. The molecule has 0 unspecified atom stereocenters. The van der Waals surface area contributed by atoms with E-state index < -0.39 is 31.3 Å². The molecule has 0 aromatic carbocycles. The molecule has 0 saturated heterocycles. The Morgan fingerprint density at radius 2 is 1.12 bits per heavy atom. The van der Waals surface area contributed by atoms with E-state index in [4.69, 9.17) is 35.8 Å². The molecule has 2 heterocycles. The van der Waals surface area contributed by atoms with E-state index in [1.807, 2.05) is 36.7 Å². The number of nitrogens with zero attached hydrogens (tertiary/aromatic N) is 3. The van der Waals surface area contributed by atoms with E-state index in [2.05, 4.69) is 27.0 Å². The van der Waals surface area contributed by atoms with Gasteiger partial charge in [0.1, 0.15) is 0 Å². The summed E-state index contributed by atoms with van der Waals surface area (Å²) in [5.74, 6) is 0. The molecule has 20 heteroatoms. The maximum Gasteiger partial charge on any atom is 2.00 e. The Hall–Kier alpha value is -1.90. The van der Waals surface area contributed by atoms with Gasteiger partial charge in [0.05, 0.1) is 19.8 Å². The van der Waals surface area contributed by atoms with Crippen molar-refractivity contribution in [3.05, 3.63) is 60.2 Å². The summed E-state index contributed by atoms with van der Waals surface area (Å²) in [5.41, 5.74) is -9.08. The number of halogens is 6. The third-order valence-corrected chi connectivity index (χ3v) is 5.31. The van der Waals surface area contributed by atoms with Gasteiger partial charge in [0, 0.05) is 56.3 Å². The molecular weight excluding hydrogens is 652 g/mol. The molecule has 0 aliphatic rings. The topological polar surface area (TPSA) is 173 Å². The van der Waals surface area contributed by atoms with Crippen molar-refractivity contribution in [2.45, 2.75) is 23.9 Å². The van der Waals surface area contributed by atoms with Crippen molar-refractivity contribution in [2.24, 2.45) is 0 Å². The van der Waals surface area contributed by atoms with E-state index in [1.54, 1.807) is 0 Å². The second-order valence-electron chi connectivity index (χ2n) is 7.12. The normalized spacial score (nSPS) is 11.9. The fourth-order valence-corrected chi connectivity index (χ4v) is 2.33. The maximum atomic E-state index is 10.7. The predicted octanol–water partition coefficient (Wildman–Crippen LogP) is 1.67. The van der Waals surface area contributed by atoms with E-state index in [1.165, 1.54) is 0 Å². The van der Waals surface area contributed by atoms with Crippen LogP contribution in [0.2, 0.25) is 0 Å². The number of aliphatic hydroxyl groups is 1. The molecule has 1 N–H and O–H groups in total. The molecule has 0 atom stereocenters. The van der Waals surface area contributed by atoms with Gasteiger partial charge in [-0.1, -0.05) is 12.1 Å². The number of pyridine rings is 2. The zero-order valence-electron chi connectivity index (χ0n) is 20.3. The van der Waals surface area contributed by atoms with E-state index in [-0.39, 0.29) is 23.7 Å². The van der Waals surface area contributed by atoms with Crippen molar-refractivity contribution in [1.29, 1.82) is 0 Å². The number of aromatic nitrogens is 2. The summed E-state index contributed by atoms with van der Waals surface area (Å²) in [6.45, 7) is 3.82. The van der Waals surface area contributed by atoms with Crippen molar-refractivity contribution in [2.75, 3.05) is 39.5 Å². The van der Waals surface area contributed by atoms with Crippen LogP contribution in [0.15, 0.2) is 48.8 Å². The van der Waals surface area contributed by atoms with E-state index >= 15 is 0 Å². The van der Waals surface area contributed by atoms with Gasteiger partial charge in [0.25, 0.3) is 0 Å². The van der Waals surface area contributed by atoms with Gasteiger partial charge < -0.3 is 23.8 Å². The minimum absolute atomic E-state index is 0. The minimum atomic E-state index is -6.09. The number of alkyl halides is 6. The molecule has 11 nitrogen and oxygen atoms in total. The van der Waals surface area contributed by atoms with Crippen LogP contribution in [0.1, 0.15) is 11.4 Å². The zero-order valence-corrected chi connectivity index (χ0v) is 22.9. The molecule has 0 aliphatic carbocycles. The number of hydrogen-bond acceptors (Lipinski definition) is 11. The SMILES string of the molecule is O=S(=O)([O-])C(F)(F)F.O=S(=O)([O-])C(F)(F)F.OCCOCCN(CCc1ccccn1)CCc1ccccn1.[Cu+2]. The maximum absolute atomic E-state index is 10.7. The first-order valence-corrected chi connectivity index (χ1v) is 13.4. The van der Waals surface area contributed by atoms with Crippen molar-refractivity contribution in [1.82, 2.24) is 14.9 Å². The van der Waals surface area contributed by atoms with Gasteiger partial charge in [-0.15, -0.1) is 0 Å². The Balaban J connectivity index is 0. The van der Waals surface area contributed by atoms with Gasteiger partial charge in [-0.05, 0) is 24.3 Å². The van der Waals surface area contributed by atoms with Crippen LogP contribution in [0.5, 0.6) is 0 Å². The Kier molecular flexibility index (Phi) is 19.4. The van der Waals surface area contributed by atoms with Crippen molar-refractivity contribution >= 4 is 20.2 Å². The average molecular weight is 677 g/mol. The molecule has 1 radical (unpaired) electrons. The van der Waals surface area contributed by atoms with Gasteiger partial charge in [-0.25, -0.2) is 16.8 Å². The predicted molar refractivity (Wildman–Crippen MR) is 122 cm³/mol.